The molecule has 6 aromatic carbocycles. The third-order valence-electron chi connectivity index (χ3n) is 17.5. The molecule has 5 aliphatic heterocycles. The maximum Gasteiger partial charge on any atom is 0.238 e. The summed E-state index contributed by atoms with van der Waals surface area (Å²) in [5.74, 6) is -0.142. The van der Waals surface area contributed by atoms with Crippen LogP contribution in [0, 0.1) is 0 Å². The number of hydrogen-bond acceptors (Lipinski definition) is 11. The Morgan fingerprint density at radius 1 is 0.591 bits per heavy atom. The highest BCUT2D eigenvalue weighted by Crippen LogP contribution is 2.42. The van der Waals surface area contributed by atoms with Crippen LogP contribution in [0.2, 0.25) is 0 Å². The van der Waals surface area contributed by atoms with Gasteiger partial charge < -0.3 is 59.8 Å². The van der Waals surface area contributed by atoms with Crippen molar-refractivity contribution in [2.24, 2.45) is 5.73 Å². The van der Waals surface area contributed by atoms with Crippen molar-refractivity contribution in [2.75, 3.05) is 85.5 Å². The molecule has 93 heavy (non-hydrogen) atoms. The number of morpholine rings is 3. The zero-order valence-electron chi connectivity index (χ0n) is 53.0. The van der Waals surface area contributed by atoms with E-state index in [9.17, 15) is 14.4 Å². The van der Waals surface area contributed by atoms with E-state index < -0.39 is 5.24 Å². The Morgan fingerprint density at radius 3 is 1.49 bits per heavy atom. The first-order valence-electron chi connectivity index (χ1n) is 31.8. The van der Waals surface area contributed by atoms with Crippen molar-refractivity contribution < 1.29 is 28.6 Å². The number of halogens is 3. The Kier molecular flexibility index (Phi) is 26.0. The van der Waals surface area contributed by atoms with Gasteiger partial charge in [-0.3, -0.25) is 14.4 Å². The number of amides is 1. The average molecular weight is 1320 g/mol. The minimum absolute atomic E-state index is 0. The van der Waals surface area contributed by atoms with Gasteiger partial charge in [-0.1, -0.05) is 93.7 Å². The largest absolute Gasteiger partial charge is 0.375 e. The predicted molar refractivity (Wildman–Crippen MR) is 386 cm³/mol. The first kappa shape index (κ1) is 71.7. The van der Waals surface area contributed by atoms with Crippen molar-refractivity contribution in [1.29, 1.82) is 0 Å². The van der Waals surface area contributed by atoms with Crippen LogP contribution >= 0.6 is 34.8 Å². The number of aromatic amines is 3. The summed E-state index contributed by atoms with van der Waals surface area (Å²) in [7, 11) is 0. The van der Waals surface area contributed by atoms with Gasteiger partial charge in [-0.05, 0) is 167 Å². The molecular formula is C75H94Cl3N9O6. The molecule has 4 unspecified atom stereocenters. The van der Waals surface area contributed by atoms with Gasteiger partial charge in [0.15, 0.2) is 0 Å². The van der Waals surface area contributed by atoms with E-state index in [2.05, 4.69) is 179 Å². The fraction of sp³-hybridized carbons (Fsp3) is 0.400. The monoisotopic (exact) mass is 1320 g/mol. The lowest BCUT2D eigenvalue weighted by atomic mass is 9.88. The second kappa shape index (κ2) is 33.8. The molecule has 0 aliphatic carbocycles. The van der Waals surface area contributed by atoms with E-state index in [0.29, 0.717) is 12.1 Å². The third-order valence-corrected chi connectivity index (χ3v) is 18.2. The average Bonchev–Trinajstić information content (AvgIpc) is 1.67. The number of nitrogens with zero attached hydrogens (tertiary/aromatic N) is 4. The highest BCUT2D eigenvalue weighted by molar-refractivity contribution is 6.67. The number of nitrogens with one attached hydrogen (secondary N) is 4. The summed E-state index contributed by atoms with van der Waals surface area (Å²) in [5.41, 5.74) is 22.6. The molecule has 0 spiro atoms. The van der Waals surface area contributed by atoms with Crippen LogP contribution in [-0.4, -0.2) is 145 Å². The molecule has 0 saturated carbocycles. The summed E-state index contributed by atoms with van der Waals surface area (Å²) >= 11 is 15.6. The normalized spacial score (nSPS) is 21.1. The number of carbonyl (C=O) groups is 3. The molecule has 3 saturated heterocycles. The van der Waals surface area contributed by atoms with E-state index in [1.54, 1.807) is 0 Å². The molecule has 3 aromatic heterocycles. The number of H-pyrrole nitrogens is 3. The van der Waals surface area contributed by atoms with Crippen LogP contribution in [0.25, 0.3) is 32.7 Å². The molecule has 8 heterocycles. The van der Waals surface area contributed by atoms with Crippen LogP contribution in [0.15, 0.2) is 152 Å². The van der Waals surface area contributed by atoms with Crippen molar-refractivity contribution in [3.63, 3.8) is 0 Å². The van der Waals surface area contributed by atoms with Crippen molar-refractivity contribution in [2.45, 2.75) is 124 Å². The Hall–Kier alpha value is -7.18. The summed E-state index contributed by atoms with van der Waals surface area (Å²) < 4.78 is 16.8. The van der Waals surface area contributed by atoms with E-state index in [4.69, 9.17) is 54.7 Å². The van der Waals surface area contributed by atoms with Gasteiger partial charge in [0.2, 0.25) is 11.1 Å². The van der Waals surface area contributed by atoms with Crippen molar-refractivity contribution in [1.82, 2.24) is 25.2 Å². The number of carbonyl (C=O) groups excluding carboxylic acids is 3. The molecule has 18 heteroatoms. The Balaban J connectivity index is 0.000000162. The zero-order chi connectivity index (χ0) is 64.1. The van der Waals surface area contributed by atoms with Gasteiger partial charge in [-0.2, -0.15) is 0 Å². The first-order chi connectivity index (χ1) is 44.1. The Labute approximate surface area is 564 Å². The highest BCUT2D eigenvalue weighted by Gasteiger charge is 2.38. The van der Waals surface area contributed by atoms with E-state index >= 15 is 0 Å². The van der Waals surface area contributed by atoms with E-state index in [0.717, 1.165) is 113 Å². The molecular weight excluding hydrogens is 1230 g/mol. The lowest BCUT2D eigenvalue weighted by molar-refractivity contribution is -0.133. The van der Waals surface area contributed by atoms with Crippen LogP contribution < -0.4 is 25.8 Å². The van der Waals surface area contributed by atoms with Gasteiger partial charge in [0.25, 0.3) is 0 Å². The lowest BCUT2D eigenvalue weighted by Crippen LogP contribution is -2.47. The fourth-order valence-corrected chi connectivity index (χ4v) is 13.4. The minimum atomic E-state index is -0.508. The van der Waals surface area contributed by atoms with Crippen molar-refractivity contribution >= 4 is 102 Å². The molecule has 5 aliphatic rings. The van der Waals surface area contributed by atoms with Crippen LogP contribution in [0.5, 0.6) is 0 Å². The van der Waals surface area contributed by atoms with Gasteiger partial charge in [0.1, 0.15) is 12.2 Å². The number of aldehydes is 1. The Bertz CT molecular complexity index is 3830. The molecule has 1 amide bonds. The van der Waals surface area contributed by atoms with Crippen LogP contribution in [0.3, 0.4) is 0 Å². The summed E-state index contributed by atoms with van der Waals surface area (Å²) in [4.78, 5) is 52.4. The summed E-state index contributed by atoms with van der Waals surface area (Å²) in [5, 5.41) is 7.18. The Morgan fingerprint density at radius 2 is 1.03 bits per heavy atom. The maximum atomic E-state index is 12.9. The molecule has 3 fully saturated rings. The third kappa shape index (κ3) is 17.8. The van der Waals surface area contributed by atoms with E-state index in [1.165, 1.54) is 66.5 Å². The summed E-state index contributed by atoms with van der Waals surface area (Å²) in [6.45, 7) is 20.6. The predicted octanol–water partition coefficient (Wildman–Crippen LogP) is 14.6. The van der Waals surface area contributed by atoms with E-state index in [-0.39, 0.29) is 68.9 Å². The molecule has 6 N–H and O–H groups in total. The fourth-order valence-electron chi connectivity index (χ4n) is 13.2. The first-order valence-corrected chi connectivity index (χ1v) is 33.3. The number of fused-ring (bicyclic) bond motifs is 7. The number of nitrogens with two attached hydrogens (primary N) is 1. The van der Waals surface area contributed by atoms with Gasteiger partial charge in [0, 0.05) is 130 Å². The zero-order valence-corrected chi connectivity index (χ0v) is 55.2. The van der Waals surface area contributed by atoms with Gasteiger partial charge in [-0.15, -0.1) is 23.2 Å². The number of ether oxygens (including phenoxy) is 3. The standard InChI is InChI=1S/C25H28ClN3O2.C23H27N3O.C12H15NO2.C11H14N2.C2H2Cl2O.2CH4/c1-16-13-21-20-5-3-4-6-22(20)27-24(21)25(29(16)23(30)14-26)18-7-9-19(10-8-18)28-11-12-31-17(2)15-28;1-15-13-20-19-5-3-4-6-21(19)25-23(20)22(24-15)17-7-9-18(10-8-17)26-11-12-27-16(2)14-26;1-10-8-13(6-7-15-10)12-4-2-11(9-14)3-5-12;1-8(12)6-9-7-13-11-5-3-2-4-10(9)11;3-1-2(4)5;;/h3-10,16-17,25,27H,11-15H2,1-2H3;3-10,15-16,22,24-25H,11-14H2,1-2H3;2-5,9-10H,6-8H2,1H3;2-5,7-8,13H,6,12H2,1H3;1H2;2*1H4/t16-,17?,25+;15-,16?,22?;;8-;;;/m00.0.../s1. The maximum absolute atomic E-state index is 12.9. The molecule has 496 valence electrons. The SMILES string of the molecule is C.C.CC1CN(c2ccc(C3N[C@@H](C)Cc4c3[nH]c3ccccc43)cc2)CCO1.CC1CN(c2ccc(C=O)cc2)CCO1.CC1CN(c2ccc([C@@H]3c4[nH]c5ccccc5c4C[C@H](C)N3C(=O)CCl)cc2)CCO1.C[C@H](N)Cc1c[nH]c2ccccc12.O=C(Cl)CCl. The summed E-state index contributed by atoms with van der Waals surface area (Å²) in [6, 6.07) is 51.5. The number of alkyl halides is 2. The molecule has 15 nitrogen and oxygen atoms in total. The second-order valence-corrected chi connectivity index (χ2v) is 25.5. The number of anilines is 3. The quantitative estimate of drug-likeness (QED) is 0.0500. The highest BCUT2D eigenvalue weighted by atomic mass is 35.5. The molecule has 9 aromatic rings. The second-order valence-electron chi connectivity index (χ2n) is 24.5. The summed E-state index contributed by atoms with van der Waals surface area (Å²) in [6.07, 6.45) is 6.56. The molecule has 14 rings (SSSR count). The number of rotatable bonds is 10. The van der Waals surface area contributed by atoms with Gasteiger partial charge >= 0.3 is 0 Å². The number of hydrogen-bond donors (Lipinski definition) is 5. The van der Waals surface area contributed by atoms with Gasteiger partial charge in [-0.25, -0.2) is 0 Å². The molecule has 0 radical (unpaired) electrons. The van der Waals surface area contributed by atoms with E-state index in [1.807, 2.05) is 54.4 Å². The van der Waals surface area contributed by atoms with Crippen molar-refractivity contribution in [3.8, 4) is 0 Å². The minimum Gasteiger partial charge on any atom is -0.375 e. The van der Waals surface area contributed by atoms with Crippen LogP contribution in [0.4, 0.5) is 17.1 Å². The smallest absolute Gasteiger partial charge is 0.238 e. The number of para-hydroxylation sites is 3. The van der Waals surface area contributed by atoms with Crippen LogP contribution in [0.1, 0.15) is 118 Å². The van der Waals surface area contributed by atoms with Gasteiger partial charge in [0.05, 0.1) is 56.1 Å². The molecule has 8 atom stereocenters. The lowest BCUT2D eigenvalue weighted by Gasteiger charge is -2.41. The number of benzene rings is 6. The molecule has 0 bridgehead atoms. The number of aromatic nitrogens is 3. The topological polar surface area (TPSA) is 177 Å². The van der Waals surface area contributed by atoms with Crippen molar-refractivity contribution in [3.05, 3.63) is 197 Å². The van der Waals surface area contributed by atoms with Crippen LogP contribution in [-0.2, 0) is 43.1 Å².